The van der Waals surface area contributed by atoms with Crippen LogP contribution in [0.5, 0.6) is 0 Å². The molecule has 3 rings (SSSR count). The van der Waals surface area contributed by atoms with Crippen LogP contribution in [0.4, 0.5) is 10.2 Å². The summed E-state index contributed by atoms with van der Waals surface area (Å²) in [5.74, 6) is -0.00259. The maximum Gasteiger partial charge on any atom is 0.204 e. The molecule has 0 amide bonds. The first-order valence-corrected chi connectivity index (χ1v) is 6.27. The summed E-state index contributed by atoms with van der Waals surface area (Å²) in [6.45, 7) is 0. The number of halogens is 3. The van der Waals surface area contributed by atoms with Crippen molar-refractivity contribution in [3.05, 3.63) is 46.6 Å². The van der Waals surface area contributed by atoms with Crippen LogP contribution in [0.25, 0.3) is 22.5 Å². The van der Waals surface area contributed by atoms with Crippen molar-refractivity contribution >= 4 is 29.0 Å². The first-order chi connectivity index (χ1) is 9.58. The van der Waals surface area contributed by atoms with Gasteiger partial charge in [-0.2, -0.15) is 0 Å². The predicted octanol–water partition coefficient (Wildman–Crippen LogP) is 4.63. The smallest absolute Gasteiger partial charge is 0.204 e. The van der Waals surface area contributed by atoms with Crippen LogP contribution in [-0.4, -0.2) is 5.16 Å². The molecule has 3 aromatic rings. The minimum atomic E-state index is -0.448. The second-order valence-corrected chi connectivity index (χ2v) is 4.75. The Balaban J connectivity index is 2.24. The lowest BCUT2D eigenvalue weighted by Gasteiger charge is -2.04. The van der Waals surface area contributed by atoms with E-state index in [1.54, 1.807) is 6.07 Å². The highest BCUT2D eigenvalue weighted by molar-refractivity contribution is 6.34. The number of aromatic nitrogens is 1. The van der Waals surface area contributed by atoms with Gasteiger partial charge < -0.3 is 14.7 Å². The largest absolute Gasteiger partial charge is 0.452 e. The van der Waals surface area contributed by atoms with Gasteiger partial charge in [0.15, 0.2) is 11.6 Å². The van der Waals surface area contributed by atoms with Gasteiger partial charge >= 0.3 is 0 Å². The molecule has 0 unspecified atom stereocenters. The van der Waals surface area contributed by atoms with E-state index in [0.29, 0.717) is 22.5 Å². The van der Waals surface area contributed by atoms with Crippen LogP contribution in [0.1, 0.15) is 0 Å². The average Bonchev–Trinajstić information content (AvgIpc) is 2.96. The Kier molecular flexibility index (Phi) is 3.16. The molecule has 0 saturated carbocycles. The van der Waals surface area contributed by atoms with Gasteiger partial charge in [0.2, 0.25) is 5.22 Å². The Bertz CT molecular complexity index is 783. The van der Waals surface area contributed by atoms with Gasteiger partial charge in [-0.15, -0.1) is 0 Å². The maximum absolute atomic E-state index is 13.1. The molecule has 7 heteroatoms. The molecule has 20 heavy (non-hydrogen) atoms. The molecule has 0 spiro atoms. The predicted molar refractivity (Wildman–Crippen MR) is 74.0 cm³/mol. The van der Waals surface area contributed by atoms with Crippen molar-refractivity contribution in [2.75, 3.05) is 5.73 Å². The molecule has 4 nitrogen and oxygen atoms in total. The van der Waals surface area contributed by atoms with Gasteiger partial charge in [-0.25, -0.2) is 4.39 Å². The summed E-state index contributed by atoms with van der Waals surface area (Å²) in [6, 6.07) is 5.57. The van der Waals surface area contributed by atoms with Crippen molar-refractivity contribution in [2.24, 2.45) is 0 Å². The number of benzene rings is 1. The van der Waals surface area contributed by atoms with Crippen LogP contribution >= 0.6 is 23.2 Å². The van der Waals surface area contributed by atoms with E-state index in [2.05, 4.69) is 5.16 Å². The number of hydrogen-bond donors (Lipinski definition) is 1. The normalized spacial score (nSPS) is 10.9. The zero-order chi connectivity index (χ0) is 14.3. The lowest BCUT2D eigenvalue weighted by molar-refractivity contribution is 0.435. The standard InChI is InChI=1S/C13H7Cl2FN2O2/c14-9-5-6(16)1-2-7(9)10-11(20-18-13(10)17)8-3-4-19-12(8)15/h1-5H,(H2,17,18). The second-order valence-electron chi connectivity index (χ2n) is 4.00. The summed E-state index contributed by atoms with van der Waals surface area (Å²) in [6.07, 6.45) is 1.41. The zero-order valence-electron chi connectivity index (χ0n) is 9.86. The molecule has 0 aliphatic carbocycles. The molecule has 0 fully saturated rings. The molecule has 1 aromatic carbocycles. The molecule has 0 radical (unpaired) electrons. The van der Waals surface area contributed by atoms with E-state index in [4.69, 9.17) is 37.9 Å². The molecular formula is C13H7Cl2FN2O2. The molecular weight excluding hydrogens is 306 g/mol. The van der Waals surface area contributed by atoms with E-state index in [1.165, 1.54) is 24.5 Å². The van der Waals surface area contributed by atoms with Crippen LogP contribution in [-0.2, 0) is 0 Å². The summed E-state index contributed by atoms with van der Waals surface area (Å²) in [5, 5.41) is 4.04. The molecule has 2 heterocycles. The van der Waals surface area contributed by atoms with E-state index < -0.39 is 5.82 Å². The minimum absolute atomic E-state index is 0.130. The number of nitrogens with two attached hydrogens (primary N) is 1. The van der Waals surface area contributed by atoms with Gasteiger partial charge in [0.25, 0.3) is 0 Å². The summed E-state index contributed by atoms with van der Waals surface area (Å²) in [5.41, 5.74) is 7.24. The minimum Gasteiger partial charge on any atom is -0.452 e. The zero-order valence-corrected chi connectivity index (χ0v) is 11.4. The molecule has 2 N–H and O–H groups in total. The fraction of sp³-hybridized carbons (Fsp3) is 0. The highest BCUT2D eigenvalue weighted by Crippen LogP contribution is 2.42. The number of anilines is 1. The monoisotopic (exact) mass is 312 g/mol. The van der Waals surface area contributed by atoms with Crippen LogP contribution in [0.2, 0.25) is 10.2 Å². The second kappa shape index (κ2) is 4.85. The first-order valence-electron chi connectivity index (χ1n) is 5.52. The lowest BCUT2D eigenvalue weighted by Crippen LogP contribution is -1.90. The topological polar surface area (TPSA) is 65.2 Å². The molecule has 0 atom stereocenters. The van der Waals surface area contributed by atoms with E-state index in [-0.39, 0.29) is 16.1 Å². The third-order valence-corrected chi connectivity index (χ3v) is 3.39. The first kappa shape index (κ1) is 13.0. The number of furan rings is 1. The van der Waals surface area contributed by atoms with Crippen LogP contribution < -0.4 is 5.73 Å². The lowest BCUT2D eigenvalue weighted by atomic mass is 10.0. The summed E-state index contributed by atoms with van der Waals surface area (Å²) in [4.78, 5) is 0. The number of nitrogen functional groups attached to an aromatic ring is 1. The Labute approximate surface area is 122 Å². The number of nitrogens with zero attached hydrogens (tertiary/aromatic N) is 1. The van der Waals surface area contributed by atoms with E-state index in [9.17, 15) is 4.39 Å². The third-order valence-electron chi connectivity index (χ3n) is 2.78. The van der Waals surface area contributed by atoms with Crippen molar-refractivity contribution in [1.29, 1.82) is 0 Å². The maximum atomic E-state index is 13.1. The van der Waals surface area contributed by atoms with Gasteiger partial charge in [-0.1, -0.05) is 16.8 Å². The SMILES string of the molecule is Nc1noc(-c2ccoc2Cl)c1-c1ccc(F)cc1Cl. The van der Waals surface area contributed by atoms with Crippen molar-refractivity contribution in [1.82, 2.24) is 5.16 Å². The Hall–Kier alpha value is -1.98. The van der Waals surface area contributed by atoms with Gasteiger partial charge in [-0.05, 0) is 35.9 Å². The van der Waals surface area contributed by atoms with Crippen LogP contribution in [0.15, 0.2) is 39.5 Å². The van der Waals surface area contributed by atoms with E-state index in [1.807, 2.05) is 0 Å². The third kappa shape index (κ3) is 2.05. The van der Waals surface area contributed by atoms with Gasteiger partial charge in [0.1, 0.15) is 5.82 Å². The summed E-state index contributed by atoms with van der Waals surface area (Å²) in [7, 11) is 0. The number of hydrogen-bond acceptors (Lipinski definition) is 4. The van der Waals surface area contributed by atoms with Gasteiger partial charge in [0, 0.05) is 5.56 Å². The molecule has 0 aliphatic heterocycles. The molecule has 102 valence electrons. The van der Waals surface area contributed by atoms with E-state index >= 15 is 0 Å². The average molecular weight is 313 g/mol. The Morgan fingerprint density at radius 3 is 2.60 bits per heavy atom. The fourth-order valence-electron chi connectivity index (χ4n) is 1.89. The highest BCUT2D eigenvalue weighted by atomic mass is 35.5. The van der Waals surface area contributed by atoms with Crippen molar-refractivity contribution in [3.63, 3.8) is 0 Å². The summed E-state index contributed by atoms with van der Waals surface area (Å²) >= 11 is 12.0. The molecule has 0 bridgehead atoms. The van der Waals surface area contributed by atoms with Crippen LogP contribution in [0, 0.1) is 5.82 Å². The highest BCUT2D eigenvalue weighted by Gasteiger charge is 2.23. The van der Waals surface area contributed by atoms with Crippen molar-refractivity contribution in [2.45, 2.75) is 0 Å². The van der Waals surface area contributed by atoms with Crippen LogP contribution in [0.3, 0.4) is 0 Å². The number of rotatable bonds is 2. The van der Waals surface area contributed by atoms with Gasteiger partial charge in [0.05, 0.1) is 22.4 Å². The Morgan fingerprint density at radius 2 is 1.95 bits per heavy atom. The summed E-state index contributed by atoms with van der Waals surface area (Å²) < 4.78 is 23.3. The van der Waals surface area contributed by atoms with Crippen molar-refractivity contribution < 1.29 is 13.3 Å². The molecule has 2 aromatic heterocycles. The van der Waals surface area contributed by atoms with Gasteiger partial charge in [-0.3, -0.25) is 0 Å². The van der Waals surface area contributed by atoms with E-state index in [0.717, 1.165) is 0 Å². The Morgan fingerprint density at radius 1 is 1.15 bits per heavy atom. The van der Waals surface area contributed by atoms with Crippen molar-refractivity contribution in [3.8, 4) is 22.5 Å². The quantitative estimate of drug-likeness (QED) is 0.749. The fourth-order valence-corrected chi connectivity index (χ4v) is 2.36. The molecule has 0 saturated heterocycles. The molecule has 0 aliphatic rings.